The number of aromatic hydroxyl groups is 1. The molecule has 1 spiro atoms. The van der Waals surface area contributed by atoms with Gasteiger partial charge >= 0.3 is 0 Å². The van der Waals surface area contributed by atoms with Gasteiger partial charge in [-0.1, -0.05) is 12.1 Å². The van der Waals surface area contributed by atoms with Crippen LogP contribution in [0.2, 0.25) is 0 Å². The fourth-order valence-corrected chi connectivity index (χ4v) is 7.65. The molecule has 2 fully saturated rings. The lowest BCUT2D eigenvalue weighted by Crippen LogP contribution is -2.74. The van der Waals surface area contributed by atoms with Gasteiger partial charge in [-0.15, -0.1) is 0 Å². The summed E-state index contributed by atoms with van der Waals surface area (Å²) in [6.45, 7) is 2.03. The lowest BCUT2D eigenvalue weighted by Gasteiger charge is -2.62. The number of hydrogen-bond acceptors (Lipinski definition) is 5. The standard InChI is InChI=1S/C26H27N3O3/c27-15-4-5-16-17-11-26(31)20-9-14-3-6-19(30)23-21(14)25(26,7-8-29(20)12-13-1-2-13)24(32-23)22(17)28-18(16)10-15/h3-6,10,13,20,24,28,30-31H,1-2,7-9,11-12,27H2/t20-,24-,25-,26+/m0/s1. The summed E-state index contributed by atoms with van der Waals surface area (Å²) in [4.78, 5) is 6.17. The predicted molar refractivity (Wildman–Crippen MR) is 121 cm³/mol. The number of nitrogens with two attached hydrogens (primary N) is 1. The summed E-state index contributed by atoms with van der Waals surface area (Å²) >= 11 is 0. The number of piperidine rings is 1. The number of H-pyrrole nitrogens is 1. The number of nitrogen functional groups attached to an aromatic ring is 1. The Morgan fingerprint density at radius 1 is 1.22 bits per heavy atom. The van der Waals surface area contributed by atoms with E-state index >= 15 is 0 Å². The molecule has 5 aliphatic rings. The highest BCUT2D eigenvalue weighted by atomic mass is 16.5. The van der Waals surface area contributed by atoms with Crippen molar-refractivity contribution in [2.24, 2.45) is 5.92 Å². The van der Waals surface area contributed by atoms with Gasteiger partial charge in [0.15, 0.2) is 17.6 Å². The smallest absolute Gasteiger partial charge is 0.166 e. The van der Waals surface area contributed by atoms with E-state index in [-0.39, 0.29) is 17.9 Å². The Bertz CT molecular complexity index is 1330. The highest BCUT2D eigenvalue weighted by Gasteiger charge is 2.72. The zero-order valence-corrected chi connectivity index (χ0v) is 17.9. The first-order valence-corrected chi connectivity index (χ1v) is 11.9. The van der Waals surface area contributed by atoms with Crippen molar-refractivity contribution in [3.8, 4) is 11.5 Å². The van der Waals surface area contributed by atoms with Crippen LogP contribution in [0.1, 0.15) is 47.8 Å². The van der Waals surface area contributed by atoms with Crippen LogP contribution in [0.25, 0.3) is 10.9 Å². The van der Waals surface area contributed by atoms with Gasteiger partial charge in [0.05, 0.1) is 16.7 Å². The monoisotopic (exact) mass is 429 g/mol. The molecular formula is C26H27N3O3. The Labute approximate surface area is 186 Å². The van der Waals surface area contributed by atoms with Gasteiger partial charge in [-0.3, -0.25) is 4.90 Å². The molecule has 164 valence electrons. The van der Waals surface area contributed by atoms with Gasteiger partial charge in [0.1, 0.15) is 0 Å². The van der Waals surface area contributed by atoms with Crippen molar-refractivity contribution in [3.05, 3.63) is 52.7 Å². The van der Waals surface area contributed by atoms with E-state index in [9.17, 15) is 10.2 Å². The number of hydrogen-bond donors (Lipinski definition) is 4. The number of nitrogens with one attached hydrogen (secondary N) is 1. The molecule has 4 atom stereocenters. The molecule has 8 rings (SSSR count). The molecule has 32 heavy (non-hydrogen) atoms. The molecule has 2 aliphatic heterocycles. The molecule has 0 amide bonds. The second-order valence-electron chi connectivity index (χ2n) is 10.7. The summed E-state index contributed by atoms with van der Waals surface area (Å²) in [5.41, 5.74) is 10.7. The van der Waals surface area contributed by atoms with Crippen LogP contribution in [-0.2, 0) is 18.3 Å². The van der Waals surface area contributed by atoms with Crippen molar-refractivity contribution in [1.82, 2.24) is 9.88 Å². The normalized spacial score (nSPS) is 34.3. The van der Waals surface area contributed by atoms with E-state index in [2.05, 4.69) is 22.0 Å². The Morgan fingerprint density at radius 3 is 2.94 bits per heavy atom. The molecule has 6 heteroatoms. The van der Waals surface area contributed by atoms with Crippen molar-refractivity contribution in [1.29, 1.82) is 0 Å². The lowest BCUT2D eigenvalue weighted by molar-refractivity contribution is -0.173. The van der Waals surface area contributed by atoms with Crippen LogP contribution in [0.3, 0.4) is 0 Å². The van der Waals surface area contributed by atoms with Gasteiger partial charge in [-0.25, -0.2) is 0 Å². The second-order valence-corrected chi connectivity index (χ2v) is 10.7. The number of benzene rings is 2. The van der Waals surface area contributed by atoms with Gasteiger partial charge in [-0.05, 0) is 67.5 Å². The minimum absolute atomic E-state index is 0.0535. The maximum atomic E-state index is 12.7. The number of ether oxygens (including phenoxy) is 1. The van der Waals surface area contributed by atoms with E-state index in [1.807, 2.05) is 12.1 Å². The van der Waals surface area contributed by atoms with E-state index in [0.717, 1.165) is 65.3 Å². The number of rotatable bonds is 2. The Morgan fingerprint density at radius 2 is 2.09 bits per heavy atom. The number of phenolic OH excluding ortho intramolecular Hbond substituents is 1. The zero-order valence-electron chi connectivity index (χ0n) is 17.9. The Kier molecular flexibility index (Phi) is 3.02. The zero-order chi connectivity index (χ0) is 21.4. The third-order valence-electron chi connectivity index (χ3n) is 9.19. The average molecular weight is 430 g/mol. The van der Waals surface area contributed by atoms with Crippen molar-refractivity contribution in [2.75, 3.05) is 18.8 Å². The number of fused-ring (bicyclic) bond motifs is 4. The van der Waals surface area contributed by atoms with Crippen LogP contribution >= 0.6 is 0 Å². The van der Waals surface area contributed by atoms with Crippen LogP contribution in [0.15, 0.2) is 30.3 Å². The topological polar surface area (TPSA) is 94.7 Å². The predicted octanol–water partition coefficient (Wildman–Crippen LogP) is 3.15. The van der Waals surface area contributed by atoms with E-state index in [4.69, 9.17) is 10.5 Å². The summed E-state index contributed by atoms with van der Waals surface area (Å²) in [5, 5.41) is 24.6. The van der Waals surface area contributed by atoms with E-state index in [0.29, 0.717) is 12.2 Å². The molecule has 2 bridgehead atoms. The molecule has 6 nitrogen and oxygen atoms in total. The first kappa shape index (κ1) is 17.8. The number of likely N-dealkylation sites (tertiary alicyclic amines) is 1. The Balaban J connectivity index is 1.42. The summed E-state index contributed by atoms with van der Waals surface area (Å²) < 4.78 is 6.60. The van der Waals surface area contributed by atoms with Gasteiger partial charge in [-0.2, -0.15) is 0 Å². The fourth-order valence-electron chi connectivity index (χ4n) is 7.65. The highest BCUT2D eigenvalue weighted by molar-refractivity contribution is 5.88. The molecule has 0 unspecified atom stereocenters. The quantitative estimate of drug-likeness (QED) is 0.470. The van der Waals surface area contributed by atoms with Crippen LogP contribution in [0.4, 0.5) is 5.69 Å². The first-order valence-electron chi connectivity index (χ1n) is 11.9. The largest absolute Gasteiger partial charge is 0.504 e. The SMILES string of the molecule is Nc1ccc2c3c([nH]c2c1)[C@@H]1Oc2c(O)ccc4c2[C@@]12CCN(CC1CC1)[C@@H](C4)[C@]2(O)C3. The first-order chi connectivity index (χ1) is 15.5. The van der Waals surface area contributed by atoms with E-state index < -0.39 is 11.0 Å². The molecule has 0 radical (unpaired) electrons. The average Bonchev–Trinajstić information content (AvgIpc) is 3.41. The van der Waals surface area contributed by atoms with Crippen molar-refractivity contribution in [2.45, 2.75) is 55.3 Å². The highest BCUT2D eigenvalue weighted by Crippen LogP contribution is 2.69. The van der Waals surface area contributed by atoms with Crippen LogP contribution < -0.4 is 10.5 Å². The third-order valence-corrected chi connectivity index (χ3v) is 9.19. The van der Waals surface area contributed by atoms with Crippen molar-refractivity contribution >= 4 is 16.6 Å². The molecule has 2 aromatic carbocycles. The van der Waals surface area contributed by atoms with Crippen molar-refractivity contribution in [3.63, 3.8) is 0 Å². The maximum absolute atomic E-state index is 12.7. The Hall–Kier alpha value is -2.70. The molecule has 1 aromatic heterocycles. The van der Waals surface area contributed by atoms with Crippen molar-refractivity contribution < 1.29 is 14.9 Å². The minimum atomic E-state index is -0.944. The fraction of sp³-hybridized carbons (Fsp3) is 0.462. The van der Waals surface area contributed by atoms with Crippen LogP contribution in [0, 0.1) is 5.92 Å². The second kappa shape index (κ2) is 5.43. The lowest BCUT2D eigenvalue weighted by atomic mass is 9.49. The molecular weight excluding hydrogens is 402 g/mol. The minimum Gasteiger partial charge on any atom is -0.504 e. The van der Waals surface area contributed by atoms with Crippen LogP contribution in [0.5, 0.6) is 11.5 Å². The van der Waals surface area contributed by atoms with Gasteiger partial charge in [0.25, 0.3) is 0 Å². The summed E-state index contributed by atoms with van der Waals surface area (Å²) in [5.74, 6) is 1.52. The number of aliphatic hydroxyl groups is 1. The van der Waals surface area contributed by atoms with Gasteiger partial charge < -0.3 is 25.7 Å². The third kappa shape index (κ3) is 1.88. The number of anilines is 1. The summed E-state index contributed by atoms with van der Waals surface area (Å²) in [7, 11) is 0. The van der Waals surface area contributed by atoms with Crippen LogP contribution in [-0.4, -0.2) is 44.8 Å². The number of aromatic nitrogens is 1. The number of nitrogens with zero attached hydrogens (tertiary/aromatic N) is 1. The summed E-state index contributed by atoms with van der Waals surface area (Å²) in [6.07, 6.45) is 4.50. The molecule has 3 aromatic rings. The molecule has 5 N–H and O–H groups in total. The van der Waals surface area contributed by atoms with Gasteiger partial charge in [0.2, 0.25) is 0 Å². The maximum Gasteiger partial charge on any atom is 0.166 e. The summed E-state index contributed by atoms with van der Waals surface area (Å²) in [6, 6.07) is 9.83. The van der Waals surface area contributed by atoms with E-state index in [1.165, 1.54) is 18.4 Å². The number of aromatic amines is 1. The number of phenols is 1. The molecule has 3 heterocycles. The molecule has 1 saturated carbocycles. The molecule has 3 aliphatic carbocycles. The van der Waals surface area contributed by atoms with Gasteiger partial charge in [0, 0.05) is 41.2 Å². The molecule has 1 saturated heterocycles. The van der Waals surface area contributed by atoms with E-state index in [1.54, 1.807) is 6.07 Å².